The molecule has 0 atom stereocenters. The first-order valence-electron chi connectivity index (χ1n) is 2.58. The smallest absolute Gasteiger partial charge is 0.297 e. The summed E-state index contributed by atoms with van der Waals surface area (Å²) in [6.45, 7) is 0.108. The van der Waals surface area contributed by atoms with Gasteiger partial charge in [-0.15, -0.1) is 4.67 Å². The summed E-state index contributed by atoms with van der Waals surface area (Å²) in [5, 5.41) is 8.52. The molecule has 8 heavy (non-hydrogen) atoms. The average molecular weight is 110 g/mol. The molecule has 0 unspecified atom stereocenters. The Balaban J connectivity index is 2.68. The number of aliphatic hydroxyl groups excluding tert-OH is 1. The van der Waals surface area contributed by atoms with Crippen molar-refractivity contribution in [1.82, 2.24) is 4.67 Å². The number of allylic oxidation sites excluding steroid dienone is 1. The van der Waals surface area contributed by atoms with Crippen molar-refractivity contribution in [2.45, 2.75) is 6.42 Å². The van der Waals surface area contributed by atoms with E-state index in [2.05, 4.69) is 4.67 Å². The van der Waals surface area contributed by atoms with Gasteiger partial charge in [-0.25, -0.2) is 0 Å². The molecule has 1 rings (SSSR count). The predicted molar refractivity (Wildman–Crippen MR) is 34.0 cm³/mol. The molecule has 0 aliphatic carbocycles. The molecule has 0 saturated carbocycles. The standard InChI is InChI=1S/C6H8NO/c8-5-6-2-1-3-7-4-6/h2-4,8H,1,5H2/q+1. The first kappa shape index (κ1) is 5.29. The van der Waals surface area contributed by atoms with Crippen LogP contribution in [-0.2, 0) is 0 Å². The van der Waals surface area contributed by atoms with E-state index in [1.807, 2.05) is 6.08 Å². The third kappa shape index (κ3) is 1.06. The molecule has 0 saturated heterocycles. The third-order valence-corrected chi connectivity index (χ3v) is 1.01. The van der Waals surface area contributed by atoms with Crippen LogP contribution in [0.2, 0.25) is 0 Å². The van der Waals surface area contributed by atoms with Gasteiger partial charge in [0.2, 0.25) is 0 Å². The molecule has 0 fully saturated rings. The summed E-state index contributed by atoms with van der Waals surface area (Å²) in [5.74, 6) is 0. The topological polar surface area (TPSA) is 34.3 Å². The van der Waals surface area contributed by atoms with Crippen LogP contribution in [0.3, 0.4) is 0 Å². The Morgan fingerprint density at radius 3 is 3.00 bits per heavy atom. The van der Waals surface area contributed by atoms with E-state index in [0.29, 0.717) is 0 Å². The Hall–Kier alpha value is -0.850. The van der Waals surface area contributed by atoms with E-state index in [0.717, 1.165) is 12.0 Å². The zero-order chi connectivity index (χ0) is 5.82. The number of hydrogen-bond acceptors (Lipinski definition) is 1. The molecule has 2 heteroatoms. The monoisotopic (exact) mass is 110 g/mol. The molecule has 2 nitrogen and oxygen atoms in total. The third-order valence-electron chi connectivity index (χ3n) is 1.01. The zero-order valence-corrected chi connectivity index (χ0v) is 4.54. The number of rotatable bonds is 1. The largest absolute Gasteiger partial charge is 0.391 e. The second-order valence-corrected chi connectivity index (χ2v) is 1.63. The lowest BCUT2D eigenvalue weighted by molar-refractivity contribution is 0.337. The highest BCUT2D eigenvalue weighted by Gasteiger charge is 1.98. The molecule has 1 aliphatic rings. The lowest BCUT2D eigenvalue weighted by Crippen LogP contribution is -1.99. The molecule has 0 amide bonds. The summed E-state index contributed by atoms with van der Waals surface area (Å²) >= 11 is 0. The highest BCUT2D eigenvalue weighted by molar-refractivity contribution is 5.84. The molecular formula is C6H8NO+. The highest BCUT2D eigenvalue weighted by atomic mass is 16.3. The summed E-state index contributed by atoms with van der Waals surface area (Å²) in [4.78, 5) is 0. The Labute approximate surface area is 47.9 Å². The van der Waals surface area contributed by atoms with Gasteiger partial charge in [-0.3, -0.25) is 0 Å². The molecule has 1 N–H and O–H groups in total. The molecule has 0 spiro atoms. The van der Waals surface area contributed by atoms with Gasteiger partial charge in [0, 0.05) is 0 Å². The van der Waals surface area contributed by atoms with E-state index in [-0.39, 0.29) is 6.61 Å². The Morgan fingerprint density at radius 2 is 2.62 bits per heavy atom. The molecule has 0 bridgehead atoms. The van der Waals surface area contributed by atoms with Crippen molar-refractivity contribution in [3.05, 3.63) is 11.6 Å². The van der Waals surface area contributed by atoms with Gasteiger partial charge < -0.3 is 5.11 Å². The number of hydrogen-bond donors (Lipinski definition) is 1. The van der Waals surface area contributed by atoms with Crippen molar-refractivity contribution < 1.29 is 5.11 Å². The van der Waals surface area contributed by atoms with Crippen LogP contribution in [0.4, 0.5) is 0 Å². The van der Waals surface area contributed by atoms with E-state index in [9.17, 15) is 0 Å². The van der Waals surface area contributed by atoms with Gasteiger partial charge in [-0.1, -0.05) is 6.08 Å². The minimum Gasteiger partial charge on any atom is -0.391 e. The first-order chi connectivity index (χ1) is 3.93. The van der Waals surface area contributed by atoms with Crippen LogP contribution in [0.25, 0.3) is 0 Å². The maximum Gasteiger partial charge on any atom is 0.297 e. The van der Waals surface area contributed by atoms with Crippen molar-refractivity contribution in [2.24, 2.45) is 0 Å². The SMILES string of the molecule is OCC1=CCC=[N+]=C1. The summed E-state index contributed by atoms with van der Waals surface area (Å²) < 4.78 is 3.85. The number of aliphatic hydroxyl groups is 1. The molecule has 1 aliphatic heterocycles. The van der Waals surface area contributed by atoms with Crippen molar-refractivity contribution in [2.75, 3.05) is 6.61 Å². The lowest BCUT2D eigenvalue weighted by atomic mass is 10.2. The second kappa shape index (κ2) is 2.46. The fourth-order valence-corrected chi connectivity index (χ4v) is 0.571. The quantitative estimate of drug-likeness (QED) is 0.454. The van der Waals surface area contributed by atoms with Gasteiger partial charge in [0.25, 0.3) is 12.4 Å². The van der Waals surface area contributed by atoms with Crippen LogP contribution in [-0.4, -0.2) is 24.1 Å². The van der Waals surface area contributed by atoms with Gasteiger partial charge >= 0.3 is 0 Å². The highest BCUT2D eigenvalue weighted by Crippen LogP contribution is 1.90. The normalized spacial score (nSPS) is 16.4. The maximum atomic E-state index is 8.52. The summed E-state index contributed by atoms with van der Waals surface area (Å²) in [6, 6.07) is 0. The Bertz CT molecular complexity index is 163. The van der Waals surface area contributed by atoms with E-state index >= 15 is 0 Å². The van der Waals surface area contributed by atoms with Crippen LogP contribution in [0.15, 0.2) is 11.6 Å². The van der Waals surface area contributed by atoms with Gasteiger partial charge in [0.15, 0.2) is 0 Å². The van der Waals surface area contributed by atoms with E-state index in [4.69, 9.17) is 5.11 Å². The van der Waals surface area contributed by atoms with Gasteiger partial charge in [-0.2, -0.15) is 0 Å². The van der Waals surface area contributed by atoms with Crippen LogP contribution in [0, 0.1) is 0 Å². The maximum absolute atomic E-state index is 8.52. The van der Waals surface area contributed by atoms with Gasteiger partial charge in [0.1, 0.15) is 0 Å². The van der Waals surface area contributed by atoms with Crippen LogP contribution in [0.5, 0.6) is 0 Å². The van der Waals surface area contributed by atoms with Gasteiger partial charge in [-0.05, 0) is 0 Å². The van der Waals surface area contributed by atoms with Crippen LogP contribution < -0.4 is 4.67 Å². The van der Waals surface area contributed by atoms with Crippen molar-refractivity contribution in [3.8, 4) is 0 Å². The van der Waals surface area contributed by atoms with Crippen molar-refractivity contribution >= 4 is 12.4 Å². The van der Waals surface area contributed by atoms with Gasteiger partial charge in [0.05, 0.1) is 18.6 Å². The molecule has 0 aromatic rings. The molecule has 0 aromatic carbocycles. The first-order valence-corrected chi connectivity index (χ1v) is 2.58. The van der Waals surface area contributed by atoms with E-state index < -0.39 is 0 Å². The van der Waals surface area contributed by atoms with Crippen molar-refractivity contribution in [3.63, 3.8) is 0 Å². The van der Waals surface area contributed by atoms with E-state index in [1.54, 1.807) is 12.4 Å². The lowest BCUT2D eigenvalue weighted by Gasteiger charge is -1.86. The predicted octanol–water partition coefficient (Wildman–Crippen LogP) is -0.482. The molecule has 0 radical (unpaired) electrons. The fourth-order valence-electron chi connectivity index (χ4n) is 0.571. The zero-order valence-electron chi connectivity index (χ0n) is 4.54. The number of nitrogens with zero attached hydrogens (tertiary/aromatic N) is 1. The molecule has 0 aromatic heterocycles. The average Bonchev–Trinajstić information content (AvgIpc) is 1.90. The molecule has 42 valence electrons. The summed E-state index contributed by atoms with van der Waals surface area (Å²) in [5.41, 5.74) is 0.910. The van der Waals surface area contributed by atoms with Crippen LogP contribution >= 0.6 is 0 Å². The minimum atomic E-state index is 0.108. The Morgan fingerprint density at radius 1 is 1.75 bits per heavy atom. The van der Waals surface area contributed by atoms with E-state index in [1.165, 1.54) is 0 Å². The fraction of sp³-hybridized carbons (Fsp3) is 0.333. The summed E-state index contributed by atoms with van der Waals surface area (Å²) in [6.07, 6.45) is 6.28. The molecule has 1 heterocycles. The molecular weight excluding hydrogens is 102 g/mol. The summed E-state index contributed by atoms with van der Waals surface area (Å²) in [7, 11) is 0. The van der Waals surface area contributed by atoms with Crippen LogP contribution in [0.1, 0.15) is 6.42 Å². The Kier molecular flexibility index (Phi) is 1.62. The second-order valence-electron chi connectivity index (χ2n) is 1.63. The van der Waals surface area contributed by atoms with Crippen molar-refractivity contribution in [1.29, 1.82) is 0 Å². The minimum absolute atomic E-state index is 0.108.